The highest BCUT2D eigenvalue weighted by Crippen LogP contribution is 2.65. The summed E-state index contributed by atoms with van der Waals surface area (Å²) in [5, 5.41) is 60.5. The van der Waals surface area contributed by atoms with Crippen molar-refractivity contribution in [3.05, 3.63) is 89.0 Å². The van der Waals surface area contributed by atoms with Gasteiger partial charge in [0.15, 0.2) is 11.5 Å². The number of likely N-dealkylation sites (N-methyl/N-ethyl adjacent to an activating group) is 1. The predicted octanol–water partition coefficient (Wildman–Crippen LogP) is -1.11. The number of carbonyl (C=O) groups excluding carboxylic acids is 7. The lowest BCUT2D eigenvalue weighted by Gasteiger charge is -2.63. The van der Waals surface area contributed by atoms with Crippen LogP contribution in [0, 0.1) is 5.92 Å². The zero-order valence-electron chi connectivity index (χ0n) is 41.6. The average molecular weight is 1030 g/mol. The summed E-state index contributed by atoms with van der Waals surface area (Å²) in [5.41, 5.74) is 7.22. The molecule has 0 aromatic heterocycles. The van der Waals surface area contributed by atoms with Gasteiger partial charge in [0, 0.05) is 24.4 Å². The Morgan fingerprint density at radius 1 is 0.743 bits per heavy atom. The van der Waals surface area contributed by atoms with Crippen LogP contribution in [0.5, 0.6) is 17.2 Å². The number of carbonyl (C=O) groups is 8. The van der Waals surface area contributed by atoms with Gasteiger partial charge in [-0.15, -0.1) is 0 Å². The van der Waals surface area contributed by atoms with Crippen LogP contribution in [0.25, 0.3) is 0 Å². The smallest absolute Gasteiger partial charge is 0.326 e. The number of aliphatic hydroxyl groups is 1. The number of likely N-dealkylation sites (tertiary alicyclic amines) is 1. The molecule has 74 heavy (non-hydrogen) atoms. The number of phenols is 2. The van der Waals surface area contributed by atoms with Crippen LogP contribution >= 0.6 is 0 Å². The number of benzene rings is 3. The molecule has 7 amide bonds. The number of nitrogens with two attached hydrogens (primary N) is 1. The van der Waals surface area contributed by atoms with Gasteiger partial charge in [0.25, 0.3) is 0 Å². The van der Waals surface area contributed by atoms with Gasteiger partial charge in [-0.1, -0.05) is 62.4 Å². The van der Waals surface area contributed by atoms with Crippen LogP contribution in [0.3, 0.4) is 0 Å². The van der Waals surface area contributed by atoms with Gasteiger partial charge in [-0.25, -0.2) is 4.79 Å². The van der Waals surface area contributed by atoms with Crippen molar-refractivity contribution in [2.75, 3.05) is 33.2 Å². The number of ether oxygens (including phenoxy) is 1. The summed E-state index contributed by atoms with van der Waals surface area (Å²) in [5.74, 6) is -6.22. The number of carboxylic acid groups (broad SMARTS) is 1. The van der Waals surface area contributed by atoms with Crippen molar-refractivity contribution in [2.24, 2.45) is 11.7 Å². The van der Waals surface area contributed by atoms with E-state index in [2.05, 4.69) is 42.1 Å². The molecule has 3 aromatic rings. The molecule has 13 N–H and O–H groups in total. The maximum atomic E-state index is 13.7. The number of hydrogen-bond acceptors (Lipinski definition) is 14. The first-order chi connectivity index (χ1) is 35.2. The molecule has 7 rings (SSSR count). The molecule has 2 aliphatic carbocycles. The molecule has 22 nitrogen and oxygen atoms in total. The summed E-state index contributed by atoms with van der Waals surface area (Å²) in [4.78, 5) is 107. The summed E-state index contributed by atoms with van der Waals surface area (Å²) in [6, 6.07) is 12.3. The van der Waals surface area contributed by atoms with E-state index >= 15 is 0 Å². The Kier molecular flexibility index (Phi) is 17.1. The number of aromatic hydroxyl groups is 2. The fourth-order valence-corrected chi connectivity index (χ4v) is 11.0. The Bertz CT molecular complexity index is 2600. The van der Waals surface area contributed by atoms with Crippen molar-refractivity contribution in [3.63, 3.8) is 0 Å². The van der Waals surface area contributed by atoms with E-state index in [0.717, 1.165) is 11.1 Å². The van der Waals surface area contributed by atoms with E-state index in [1.807, 2.05) is 13.1 Å². The maximum Gasteiger partial charge on any atom is 0.326 e. The fraction of sp³-hybridized carbons (Fsp3) is 0.500. The van der Waals surface area contributed by atoms with E-state index in [9.17, 15) is 58.8 Å². The standard InChI is InChI=1S/C52H67N9O13/c1-28(2)21-37(50(71)72)60-49(70)36(23-29-7-5-4-6-8-29)58-43(67)27-56-48(69)35(59-47(68)33(53)22-30-9-12-32(62)13-10-30)14-16-40(64)54-25-41(65)55-26-42(66)57-34-17-18-52(73)39-24-31-11-15-38(63)45-44(31)51(52,46(34)74-45)19-20-61(39)3/h4-13,15,28,33-37,39,46,62-63,73H,14,16-27,53H2,1-3H3,(H,54,64)(H,55,65)(H,56,69)(H,57,66)(H,58,67)(H,59,68)(H,60,70)(H,71,72)/t33-,34-,35-,36-,37-,39+,46-,51-,52+/m0/s1. The average Bonchev–Trinajstić information content (AvgIpc) is 3.73. The minimum atomic E-state index is -1.43. The quantitative estimate of drug-likeness (QED) is 0.0536. The predicted molar refractivity (Wildman–Crippen MR) is 266 cm³/mol. The van der Waals surface area contributed by atoms with E-state index in [4.69, 9.17) is 10.5 Å². The summed E-state index contributed by atoms with van der Waals surface area (Å²) in [6.45, 7) is 2.59. The largest absolute Gasteiger partial charge is 0.508 e. The third-order valence-corrected chi connectivity index (χ3v) is 14.7. The van der Waals surface area contributed by atoms with Gasteiger partial charge in [0.1, 0.15) is 30.0 Å². The normalized spacial score (nSPS) is 22.8. The number of amides is 7. The molecule has 2 heterocycles. The summed E-state index contributed by atoms with van der Waals surface area (Å²) in [6.07, 6.45) is 0.631. The maximum absolute atomic E-state index is 13.7. The number of rotatable bonds is 23. The fourth-order valence-electron chi connectivity index (χ4n) is 11.0. The number of hydrogen-bond donors (Lipinski definition) is 12. The van der Waals surface area contributed by atoms with E-state index in [1.165, 1.54) is 12.1 Å². The molecule has 4 aliphatic rings. The van der Waals surface area contributed by atoms with Crippen LogP contribution in [0.2, 0.25) is 0 Å². The van der Waals surface area contributed by atoms with Gasteiger partial charge in [0.05, 0.1) is 42.7 Å². The molecule has 2 aliphatic heterocycles. The monoisotopic (exact) mass is 1030 g/mol. The molecule has 9 atom stereocenters. The first-order valence-electron chi connectivity index (χ1n) is 24.9. The van der Waals surface area contributed by atoms with Gasteiger partial charge in [-0.2, -0.15) is 0 Å². The minimum Gasteiger partial charge on any atom is -0.508 e. The van der Waals surface area contributed by atoms with Crippen LogP contribution in [0.4, 0.5) is 0 Å². The lowest BCUT2D eigenvalue weighted by atomic mass is 9.48. The third kappa shape index (κ3) is 12.2. The molecule has 22 heteroatoms. The van der Waals surface area contributed by atoms with Gasteiger partial charge in [-0.3, -0.25) is 33.6 Å². The number of aliphatic carboxylic acids is 1. The Morgan fingerprint density at radius 2 is 1.41 bits per heavy atom. The second-order valence-corrected chi connectivity index (χ2v) is 20.2. The first-order valence-corrected chi connectivity index (χ1v) is 24.9. The van der Waals surface area contributed by atoms with Crippen molar-refractivity contribution in [1.82, 2.24) is 42.1 Å². The van der Waals surface area contributed by atoms with Crippen LogP contribution in [-0.4, -0.2) is 154 Å². The Morgan fingerprint density at radius 3 is 2.11 bits per heavy atom. The highest BCUT2D eigenvalue weighted by molar-refractivity contribution is 5.95. The van der Waals surface area contributed by atoms with Crippen LogP contribution in [0.1, 0.15) is 74.6 Å². The summed E-state index contributed by atoms with van der Waals surface area (Å²) >= 11 is 0. The zero-order valence-corrected chi connectivity index (χ0v) is 41.6. The lowest BCUT2D eigenvalue weighted by molar-refractivity contribution is -0.187. The van der Waals surface area contributed by atoms with Gasteiger partial charge >= 0.3 is 5.97 Å². The van der Waals surface area contributed by atoms with E-state index in [1.54, 1.807) is 62.4 Å². The molecule has 3 aromatic carbocycles. The number of carboxylic acids is 1. The van der Waals surface area contributed by atoms with Crippen LogP contribution in [-0.2, 0) is 63.0 Å². The van der Waals surface area contributed by atoms with E-state index in [0.29, 0.717) is 49.1 Å². The molecule has 0 unspecified atom stereocenters. The molecule has 2 bridgehead atoms. The third-order valence-electron chi connectivity index (χ3n) is 14.7. The van der Waals surface area contributed by atoms with Crippen molar-refractivity contribution in [1.29, 1.82) is 0 Å². The second kappa shape index (κ2) is 23.3. The Balaban J connectivity index is 0.923. The van der Waals surface area contributed by atoms with E-state index in [-0.39, 0.29) is 49.1 Å². The summed E-state index contributed by atoms with van der Waals surface area (Å²) in [7, 11) is 1.99. The van der Waals surface area contributed by atoms with Crippen molar-refractivity contribution in [2.45, 2.75) is 125 Å². The first kappa shape index (κ1) is 54.5. The molecular formula is C52H67N9O13. The molecular weight excluding hydrogens is 959 g/mol. The topological polar surface area (TPSA) is 340 Å². The van der Waals surface area contributed by atoms with Crippen LogP contribution < -0.4 is 47.7 Å². The second-order valence-electron chi connectivity index (χ2n) is 20.2. The molecule has 0 radical (unpaired) electrons. The molecule has 398 valence electrons. The Hall–Kier alpha value is -7.30. The molecule has 1 saturated heterocycles. The number of piperidine rings is 1. The van der Waals surface area contributed by atoms with Crippen molar-refractivity contribution < 1.29 is 63.5 Å². The van der Waals surface area contributed by atoms with E-state index < -0.39 is 121 Å². The zero-order chi connectivity index (χ0) is 53.5. The molecule has 2 fully saturated rings. The number of nitrogens with one attached hydrogen (secondary N) is 7. The Labute approximate surface area is 427 Å². The van der Waals surface area contributed by atoms with Crippen molar-refractivity contribution >= 4 is 47.3 Å². The lowest BCUT2D eigenvalue weighted by Crippen LogP contribution is -2.77. The highest BCUT2D eigenvalue weighted by Gasteiger charge is 2.72. The van der Waals surface area contributed by atoms with Gasteiger partial charge in [-0.05, 0) is 99.3 Å². The number of phenolic OH excluding ortho intramolecular Hbond substituents is 2. The molecule has 1 saturated carbocycles. The molecule has 1 spiro atoms. The SMILES string of the molecule is CC(C)C[C@H](NC(=O)[C@H](Cc1ccccc1)NC(=O)CNC(=O)[C@H](CCC(=O)NCC(=O)NCC(=O)N[C@H]1CC[C@@]2(O)[C@H]3Cc4ccc(O)c5c4[C@@]2(CCN3C)[C@H]1O5)NC(=O)[C@@H](N)Cc1ccc(O)cc1)C(=O)O. The van der Waals surface area contributed by atoms with Gasteiger partial charge < -0.3 is 73.0 Å². The number of nitrogens with zero attached hydrogens (tertiary/aromatic N) is 1. The van der Waals surface area contributed by atoms with Crippen LogP contribution in [0.15, 0.2) is 66.7 Å². The van der Waals surface area contributed by atoms with Gasteiger partial charge in [0.2, 0.25) is 41.4 Å². The highest BCUT2D eigenvalue weighted by atomic mass is 16.5. The summed E-state index contributed by atoms with van der Waals surface area (Å²) < 4.78 is 6.43. The van der Waals surface area contributed by atoms with Crippen molar-refractivity contribution in [3.8, 4) is 17.2 Å². The minimum absolute atomic E-state index is 0.00198.